The molecule has 3 aromatic rings. The van der Waals surface area contributed by atoms with E-state index in [4.69, 9.17) is 4.74 Å². The molecule has 2 amide bonds. The Morgan fingerprint density at radius 1 is 1.15 bits per heavy atom. The summed E-state index contributed by atoms with van der Waals surface area (Å²) in [7, 11) is 0. The number of hydrogen-bond acceptors (Lipinski definition) is 4. The molecule has 0 spiro atoms. The Bertz CT molecular complexity index is 1170. The largest absolute Gasteiger partial charge is 0.491 e. The summed E-state index contributed by atoms with van der Waals surface area (Å²) in [5.41, 5.74) is 0.956. The summed E-state index contributed by atoms with van der Waals surface area (Å²) < 4.78 is 33.7. The number of carbonyl (C=O) groups excluding carboxylic acids is 2. The molecule has 0 saturated heterocycles. The molecule has 178 valence electrons. The second-order valence-electron chi connectivity index (χ2n) is 8.13. The fraction of sp³-hybridized carbons (Fsp3) is 0.308. The van der Waals surface area contributed by atoms with Crippen molar-refractivity contribution in [3.63, 3.8) is 0 Å². The van der Waals surface area contributed by atoms with E-state index in [-0.39, 0.29) is 30.7 Å². The highest BCUT2D eigenvalue weighted by atomic mass is 32.1. The molecule has 34 heavy (non-hydrogen) atoms. The third-order valence-electron chi connectivity index (χ3n) is 5.83. The van der Waals surface area contributed by atoms with Gasteiger partial charge in [0.25, 0.3) is 5.91 Å². The van der Waals surface area contributed by atoms with E-state index >= 15 is 0 Å². The molecule has 0 bridgehead atoms. The van der Waals surface area contributed by atoms with Crippen molar-refractivity contribution in [3.05, 3.63) is 87.6 Å². The van der Waals surface area contributed by atoms with Gasteiger partial charge in [-0.3, -0.25) is 9.59 Å². The molecule has 0 saturated carbocycles. The van der Waals surface area contributed by atoms with Gasteiger partial charge in [-0.05, 0) is 54.1 Å². The number of thiophene rings is 1. The van der Waals surface area contributed by atoms with Crippen LogP contribution in [0.5, 0.6) is 5.75 Å². The fourth-order valence-electron chi connectivity index (χ4n) is 4.19. The SMILES string of the molecule is CCCN(CC(=O)N1CCc2sccc2[C@H]1COc1cccc(F)c1)C(=O)c1ccccc1F. The topological polar surface area (TPSA) is 49.9 Å². The summed E-state index contributed by atoms with van der Waals surface area (Å²) in [6.45, 7) is 2.73. The molecule has 1 aromatic heterocycles. The van der Waals surface area contributed by atoms with Gasteiger partial charge in [-0.15, -0.1) is 11.3 Å². The van der Waals surface area contributed by atoms with Gasteiger partial charge in [0.2, 0.25) is 5.91 Å². The van der Waals surface area contributed by atoms with Gasteiger partial charge in [0.1, 0.15) is 30.5 Å². The molecule has 8 heteroatoms. The van der Waals surface area contributed by atoms with Crippen LogP contribution in [0.15, 0.2) is 60.0 Å². The summed E-state index contributed by atoms with van der Waals surface area (Å²) in [5, 5.41) is 1.99. The average Bonchev–Trinajstić information content (AvgIpc) is 3.31. The summed E-state index contributed by atoms with van der Waals surface area (Å²) >= 11 is 1.63. The van der Waals surface area contributed by atoms with Gasteiger partial charge < -0.3 is 14.5 Å². The summed E-state index contributed by atoms with van der Waals surface area (Å²) in [5.74, 6) is -1.36. The highest BCUT2D eigenvalue weighted by Gasteiger charge is 2.33. The number of carbonyl (C=O) groups is 2. The van der Waals surface area contributed by atoms with Crippen LogP contribution in [0, 0.1) is 11.6 Å². The van der Waals surface area contributed by atoms with Crippen molar-refractivity contribution < 1.29 is 23.1 Å². The first kappa shape index (κ1) is 23.9. The first-order valence-electron chi connectivity index (χ1n) is 11.3. The quantitative estimate of drug-likeness (QED) is 0.448. The second kappa shape index (κ2) is 10.8. The highest BCUT2D eigenvalue weighted by molar-refractivity contribution is 7.10. The zero-order chi connectivity index (χ0) is 24.1. The molecule has 1 aliphatic heterocycles. The Kier molecular flexibility index (Phi) is 7.57. The van der Waals surface area contributed by atoms with Crippen molar-refractivity contribution in [2.45, 2.75) is 25.8 Å². The number of fused-ring (bicyclic) bond motifs is 1. The van der Waals surface area contributed by atoms with E-state index in [1.165, 1.54) is 40.1 Å². The Labute approximate surface area is 201 Å². The predicted octanol–water partition coefficient (Wildman–Crippen LogP) is 5.08. The summed E-state index contributed by atoms with van der Waals surface area (Å²) in [6, 6.07) is 13.3. The Balaban J connectivity index is 1.53. The monoisotopic (exact) mass is 484 g/mol. The molecule has 1 aliphatic rings. The van der Waals surface area contributed by atoms with Crippen molar-refractivity contribution in [1.29, 1.82) is 0 Å². The van der Waals surface area contributed by atoms with E-state index in [2.05, 4.69) is 0 Å². The molecule has 2 aromatic carbocycles. The van der Waals surface area contributed by atoms with Crippen molar-refractivity contribution >= 4 is 23.2 Å². The maximum atomic E-state index is 14.2. The number of ether oxygens (including phenoxy) is 1. The zero-order valence-corrected chi connectivity index (χ0v) is 19.7. The molecule has 4 rings (SSSR count). The lowest BCUT2D eigenvalue weighted by atomic mass is 10.0. The van der Waals surface area contributed by atoms with E-state index in [0.29, 0.717) is 31.7 Å². The van der Waals surface area contributed by atoms with Crippen molar-refractivity contribution in [2.75, 3.05) is 26.2 Å². The van der Waals surface area contributed by atoms with Gasteiger partial charge in [-0.25, -0.2) is 8.78 Å². The van der Waals surface area contributed by atoms with Gasteiger partial charge in [-0.1, -0.05) is 25.1 Å². The lowest BCUT2D eigenvalue weighted by molar-refractivity contribution is -0.135. The molecule has 2 heterocycles. The van der Waals surface area contributed by atoms with Crippen molar-refractivity contribution in [2.24, 2.45) is 0 Å². The summed E-state index contributed by atoms with van der Waals surface area (Å²) in [4.78, 5) is 30.7. The van der Waals surface area contributed by atoms with Gasteiger partial charge in [-0.2, -0.15) is 0 Å². The van der Waals surface area contributed by atoms with E-state index in [9.17, 15) is 18.4 Å². The van der Waals surface area contributed by atoms with E-state index < -0.39 is 17.5 Å². The summed E-state index contributed by atoms with van der Waals surface area (Å²) in [6.07, 6.45) is 1.35. The number of hydrogen-bond donors (Lipinski definition) is 0. The second-order valence-corrected chi connectivity index (χ2v) is 9.13. The van der Waals surface area contributed by atoms with E-state index in [0.717, 1.165) is 5.56 Å². The lowest BCUT2D eigenvalue weighted by Crippen LogP contribution is -2.48. The van der Waals surface area contributed by atoms with E-state index in [1.54, 1.807) is 34.4 Å². The first-order chi connectivity index (χ1) is 16.5. The van der Waals surface area contributed by atoms with Crippen LogP contribution in [0.3, 0.4) is 0 Å². The van der Waals surface area contributed by atoms with Gasteiger partial charge in [0.05, 0.1) is 11.6 Å². The van der Waals surface area contributed by atoms with Gasteiger partial charge in [0.15, 0.2) is 0 Å². The van der Waals surface area contributed by atoms with Crippen LogP contribution < -0.4 is 4.74 Å². The van der Waals surface area contributed by atoms with Crippen LogP contribution in [-0.2, 0) is 11.2 Å². The lowest BCUT2D eigenvalue weighted by Gasteiger charge is -2.37. The molecule has 0 aliphatic carbocycles. The Morgan fingerprint density at radius 2 is 1.97 bits per heavy atom. The Hall–Kier alpha value is -3.26. The minimum atomic E-state index is -0.608. The van der Waals surface area contributed by atoms with Crippen LogP contribution in [-0.4, -0.2) is 47.9 Å². The predicted molar refractivity (Wildman–Crippen MR) is 127 cm³/mol. The highest BCUT2D eigenvalue weighted by Crippen LogP contribution is 2.34. The van der Waals surface area contributed by atoms with Crippen LogP contribution >= 0.6 is 11.3 Å². The molecule has 5 nitrogen and oxygen atoms in total. The smallest absolute Gasteiger partial charge is 0.257 e. The van der Waals surface area contributed by atoms with Crippen LogP contribution in [0.4, 0.5) is 8.78 Å². The number of benzene rings is 2. The zero-order valence-electron chi connectivity index (χ0n) is 18.9. The maximum Gasteiger partial charge on any atom is 0.257 e. The first-order valence-corrected chi connectivity index (χ1v) is 12.1. The molecule has 0 N–H and O–H groups in total. The van der Waals surface area contributed by atoms with Crippen molar-refractivity contribution in [3.8, 4) is 5.75 Å². The fourth-order valence-corrected chi connectivity index (χ4v) is 5.12. The van der Waals surface area contributed by atoms with Gasteiger partial charge >= 0.3 is 0 Å². The van der Waals surface area contributed by atoms with E-state index in [1.807, 2.05) is 18.4 Å². The van der Waals surface area contributed by atoms with Crippen LogP contribution in [0.1, 0.15) is 40.2 Å². The normalized spacial score (nSPS) is 15.0. The minimum Gasteiger partial charge on any atom is -0.491 e. The maximum absolute atomic E-state index is 14.2. The van der Waals surface area contributed by atoms with Crippen LogP contribution in [0.25, 0.3) is 0 Å². The molecule has 0 unspecified atom stereocenters. The molecule has 0 radical (unpaired) electrons. The third-order valence-corrected chi connectivity index (χ3v) is 6.83. The number of halogens is 2. The average molecular weight is 485 g/mol. The molecule has 0 fully saturated rings. The molecule has 1 atom stereocenters. The molecular formula is C26H26F2N2O3S. The Morgan fingerprint density at radius 3 is 2.74 bits per heavy atom. The van der Waals surface area contributed by atoms with Crippen molar-refractivity contribution in [1.82, 2.24) is 9.80 Å². The standard InChI is InChI=1S/C26H26F2N2O3S/c1-2-12-29(26(32)20-8-3-4-9-22(20)28)16-25(31)30-13-10-24-21(11-14-34-24)23(30)17-33-19-7-5-6-18(27)15-19/h3-9,11,14-15,23H,2,10,12-13,16-17H2,1H3/t23-/m1/s1. The third kappa shape index (κ3) is 5.28. The minimum absolute atomic E-state index is 0.0477. The van der Waals surface area contributed by atoms with Crippen LogP contribution in [0.2, 0.25) is 0 Å². The number of rotatable bonds is 8. The van der Waals surface area contributed by atoms with Gasteiger partial charge in [0, 0.05) is 24.0 Å². The number of amides is 2. The molecular weight excluding hydrogens is 458 g/mol. The number of nitrogens with zero attached hydrogens (tertiary/aromatic N) is 2.